The molecule has 1 saturated carbocycles. The third-order valence-electron chi connectivity index (χ3n) is 5.44. The van der Waals surface area contributed by atoms with E-state index in [4.69, 9.17) is 0 Å². The Labute approximate surface area is 171 Å². The SMILES string of the molecule is Cn1cc(-c2cnc(Nc3ccccc3)nc2)cc1C(=O)NC1CCCCCC1. The van der Waals surface area contributed by atoms with Gasteiger partial charge in [0.25, 0.3) is 5.91 Å². The molecule has 1 aliphatic carbocycles. The molecule has 150 valence electrons. The van der Waals surface area contributed by atoms with E-state index in [-0.39, 0.29) is 11.9 Å². The Bertz CT molecular complexity index is 941. The highest BCUT2D eigenvalue weighted by atomic mass is 16.2. The van der Waals surface area contributed by atoms with Crippen molar-refractivity contribution in [3.05, 3.63) is 60.7 Å². The number of para-hydroxylation sites is 1. The van der Waals surface area contributed by atoms with Crippen molar-refractivity contribution in [3.8, 4) is 11.1 Å². The van der Waals surface area contributed by atoms with Crippen molar-refractivity contribution in [1.29, 1.82) is 0 Å². The van der Waals surface area contributed by atoms with Gasteiger partial charge in [0, 0.05) is 48.5 Å². The molecule has 1 fully saturated rings. The van der Waals surface area contributed by atoms with E-state index in [9.17, 15) is 4.79 Å². The molecule has 0 aliphatic heterocycles. The van der Waals surface area contributed by atoms with Gasteiger partial charge in [0.1, 0.15) is 5.69 Å². The predicted molar refractivity (Wildman–Crippen MR) is 115 cm³/mol. The second-order valence-electron chi connectivity index (χ2n) is 7.67. The Morgan fingerprint density at radius 1 is 1.00 bits per heavy atom. The first kappa shape index (κ1) is 19.2. The second kappa shape index (κ2) is 8.90. The summed E-state index contributed by atoms with van der Waals surface area (Å²) in [4.78, 5) is 21.6. The molecule has 1 aliphatic rings. The summed E-state index contributed by atoms with van der Waals surface area (Å²) < 4.78 is 1.87. The highest BCUT2D eigenvalue weighted by Gasteiger charge is 2.18. The lowest BCUT2D eigenvalue weighted by molar-refractivity contribution is 0.0925. The fourth-order valence-electron chi connectivity index (χ4n) is 3.82. The van der Waals surface area contributed by atoms with E-state index in [0.717, 1.165) is 29.7 Å². The summed E-state index contributed by atoms with van der Waals surface area (Å²) in [7, 11) is 1.90. The molecule has 0 spiro atoms. The zero-order chi connectivity index (χ0) is 20.1. The Hall–Kier alpha value is -3.15. The van der Waals surface area contributed by atoms with Crippen molar-refractivity contribution in [2.75, 3.05) is 5.32 Å². The number of aromatic nitrogens is 3. The Morgan fingerprint density at radius 3 is 2.38 bits per heavy atom. The monoisotopic (exact) mass is 389 g/mol. The Kier molecular flexibility index (Phi) is 5.89. The van der Waals surface area contributed by atoms with Gasteiger partial charge in [-0.05, 0) is 31.0 Å². The number of hydrogen-bond acceptors (Lipinski definition) is 4. The third kappa shape index (κ3) is 4.83. The number of aryl methyl sites for hydroxylation is 1. The number of nitrogens with one attached hydrogen (secondary N) is 2. The van der Waals surface area contributed by atoms with E-state index in [2.05, 4.69) is 20.6 Å². The molecular weight excluding hydrogens is 362 g/mol. The molecule has 29 heavy (non-hydrogen) atoms. The molecule has 1 aromatic carbocycles. The van der Waals surface area contributed by atoms with Gasteiger partial charge in [-0.3, -0.25) is 4.79 Å². The van der Waals surface area contributed by atoms with Crippen molar-refractivity contribution in [3.63, 3.8) is 0 Å². The van der Waals surface area contributed by atoms with Gasteiger partial charge in [-0.1, -0.05) is 43.9 Å². The standard InChI is InChI=1S/C23H27N5O/c1-28-16-17(13-21(28)22(29)26-19-9-5-2-3-6-10-19)18-14-24-23(25-15-18)27-20-11-7-4-8-12-20/h4,7-8,11-16,19H,2-3,5-6,9-10H2,1H3,(H,26,29)(H,24,25,27). The first-order valence-electron chi connectivity index (χ1n) is 10.3. The van der Waals surface area contributed by atoms with Gasteiger partial charge in [0.2, 0.25) is 5.95 Å². The minimum Gasteiger partial charge on any atom is -0.348 e. The van der Waals surface area contributed by atoms with Crippen LogP contribution in [0.5, 0.6) is 0 Å². The van der Waals surface area contributed by atoms with Crippen LogP contribution < -0.4 is 10.6 Å². The molecule has 2 heterocycles. The van der Waals surface area contributed by atoms with Crippen LogP contribution in [0.1, 0.15) is 49.0 Å². The van der Waals surface area contributed by atoms with Crippen molar-refractivity contribution < 1.29 is 4.79 Å². The average Bonchev–Trinajstić information content (AvgIpc) is 2.95. The topological polar surface area (TPSA) is 71.8 Å². The van der Waals surface area contributed by atoms with E-state index in [1.54, 1.807) is 12.4 Å². The summed E-state index contributed by atoms with van der Waals surface area (Å²) >= 11 is 0. The van der Waals surface area contributed by atoms with Crippen LogP contribution in [-0.4, -0.2) is 26.5 Å². The van der Waals surface area contributed by atoms with Gasteiger partial charge in [0.15, 0.2) is 0 Å². The molecule has 0 saturated heterocycles. The van der Waals surface area contributed by atoms with E-state index in [0.29, 0.717) is 11.6 Å². The maximum absolute atomic E-state index is 12.8. The molecule has 6 nitrogen and oxygen atoms in total. The smallest absolute Gasteiger partial charge is 0.268 e. The van der Waals surface area contributed by atoms with Crippen LogP contribution in [0.25, 0.3) is 11.1 Å². The number of rotatable bonds is 5. The van der Waals surface area contributed by atoms with Crippen LogP contribution in [-0.2, 0) is 7.05 Å². The van der Waals surface area contributed by atoms with E-state index in [1.165, 1.54) is 25.7 Å². The largest absolute Gasteiger partial charge is 0.348 e. The summed E-state index contributed by atoms with van der Waals surface area (Å²) in [5.41, 5.74) is 3.42. The molecule has 3 aromatic rings. The predicted octanol–water partition coefficient (Wildman–Crippen LogP) is 4.68. The van der Waals surface area contributed by atoms with Crippen LogP contribution in [0.15, 0.2) is 55.0 Å². The quantitative estimate of drug-likeness (QED) is 0.622. The molecule has 2 N–H and O–H groups in total. The molecular formula is C23H27N5O. The fourth-order valence-corrected chi connectivity index (χ4v) is 3.82. The minimum atomic E-state index is -0.00562. The molecule has 0 radical (unpaired) electrons. The van der Waals surface area contributed by atoms with Gasteiger partial charge >= 0.3 is 0 Å². The van der Waals surface area contributed by atoms with Crippen LogP contribution in [0.4, 0.5) is 11.6 Å². The molecule has 0 bridgehead atoms. The van der Waals surface area contributed by atoms with Crippen molar-refractivity contribution in [1.82, 2.24) is 19.9 Å². The molecule has 2 aromatic heterocycles. The number of nitrogens with zero attached hydrogens (tertiary/aromatic N) is 3. The van der Waals surface area contributed by atoms with E-state index < -0.39 is 0 Å². The lowest BCUT2D eigenvalue weighted by Crippen LogP contribution is -2.35. The van der Waals surface area contributed by atoms with Crippen molar-refractivity contribution in [2.45, 2.75) is 44.6 Å². The maximum Gasteiger partial charge on any atom is 0.268 e. The van der Waals surface area contributed by atoms with Crippen LogP contribution in [0.2, 0.25) is 0 Å². The van der Waals surface area contributed by atoms with E-state index >= 15 is 0 Å². The van der Waals surface area contributed by atoms with Crippen molar-refractivity contribution >= 4 is 17.5 Å². The van der Waals surface area contributed by atoms with Crippen LogP contribution in [0, 0.1) is 0 Å². The molecule has 0 atom stereocenters. The number of carbonyl (C=O) groups excluding carboxylic acids is 1. The number of benzene rings is 1. The summed E-state index contributed by atoms with van der Waals surface area (Å²) in [6.07, 6.45) is 12.6. The summed E-state index contributed by atoms with van der Waals surface area (Å²) in [5.74, 6) is 0.538. The lowest BCUT2D eigenvalue weighted by atomic mass is 10.1. The van der Waals surface area contributed by atoms with Gasteiger partial charge in [-0.15, -0.1) is 0 Å². The summed E-state index contributed by atoms with van der Waals surface area (Å²) in [5, 5.41) is 6.39. The first-order valence-corrected chi connectivity index (χ1v) is 10.3. The van der Waals surface area contributed by atoms with Gasteiger partial charge in [-0.2, -0.15) is 0 Å². The van der Waals surface area contributed by atoms with Gasteiger partial charge < -0.3 is 15.2 Å². The normalized spacial score (nSPS) is 14.9. The Balaban J connectivity index is 1.45. The molecule has 4 rings (SSSR count). The highest BCUT2D eigenvalue weighted by molar-refractivity contribution is 5.94. The summed E-state index contributed by atoms with van der Waals surface area (Å²) in [6, 6.07) is 12.0. The van der Waals surface area contributed by atoms with Crippen LogP contribution >= 0.6 is 0 Å². The first-order chi connectivity index (χ1) is 14.2. The molecule has 6 heteroatoms. The number of amides is 1. The Morgan fingerprint density at radius 2 is 1.69 bits per heavy atom. The summed E-state index contributed by atoms with van der Waals surface area (Å²) in [6.45, 7) is 0. The zero-order valence-corrected chi connectivity index (χ0v) is 16.8. The second-order valence-corrected chi connectivity index (χ2v) is 7.67. The molecule has 1 amide bonds. The number of carbonyl (C=O) groups is 1. The van der Waals surface area contributed by atoms with Crippen LogP contribution in [0.3, 0.4) is 0 Å². The van der Waals surface area contributed by atoms with E-state index in [1.807, 2.05) is 54.2 Å². The van der Waals surface area contributed by atoms with Crippen molar-refractivity contribution in [2.24, 2.45) is 7.05 Å². The molecule has 0 unspecified atom stereocenters. The van der Waals surface area contributed by atoms with Gasteiger partial charge in [-0.25, -0.2) is 9.97 Å². The zero-order valence-electron chi connectivity index (χ0n) is 16.8. The third-order valence-corrected chi connectivity index (χ3v) is 5.44. The number of anilines is 2. The highest BCUT2D eigenvalue weighted by Crippen LogP contribution is 2.23. The number of hydrogen-bond donors (Lipinski definition) is 2. The average molecular weight is 390 g/mol. The lowest BCUT2D eigenvalue weighted by Gasteiger charge is -2.16. The maximum atomic E-state index is 12.8. The van der Waals surface area contributed by atoms with Gasteiger partial charge in [0.05, 0.1) is 0 Å². The fraction of sp³-hybridized carbons (Fsp3) is 0.348. The minimum absolute atomic E-state index is 0.00562.